The number of nitrogens with zero attached hydrogens (tertiary/aromatic N) is 1. The number of aldehydes is 1. The lowest BCUT2D eigenvalue weighted by molar-refractivity contribution is -0.384. The number of ether oxygens (including phenoxy) is 1. The number of rotatable bonds is 4. The van der Waals surface area contributed by atoms with E-state index in [1.54, 1.807) is 0 Å². The molecule has 22 heavy (non-hydrogen) atoms. The second-order valence-electron chi connectivity index (χ2n) is 4.08. The van der Waals surface area contributed by atoms with Crippen molar-refractivity contribution in [2.75, 3.05) is 0 Å². The molecule has 112 valence electrons. The van der Waals surface area contributed by atoms with E-state index in [4.69, 9.17) is 16.3 Å². The molecule has 0 heterocycles. The number of non-ortho nitro benzene ring substituents is 1. The molecule has 0 saturated heterocycles. The van der Waals surface area contributed by atoms with Crippen molar-refractivity contribution in [3.8, 4) is 5.75 Å². The van der Waals surface area contributed by atoms with Crippen LogP contribution in [-0.4, -0.2) is 17.2 Å². The quantitative estimate of drug-likeness (QED) is 0.283. The standard InChI is InChI=1S/C14H7ClFNO5/c15-10-2-1-3-11(16)13(10)14(19)22-12-5-4-9(17(20)21)6-8(12)7-18/h1-7H. The molecule has 0 N–H and O–H groups in total. The number of carbonyl (C=O) groups excluding carboxylic acids is 2. The van der Waals surface area contributed by atoms with E-state index in [1.807, 2.05) is 0 Å². The third-order valence-electron chi connectivity index (χ3n) is 2.70. The molecule has 8 heteroatoms. The van der Waals surface area contributed by atoms with Gasteiger partial charge in [0.25, 0.3) is 5.69 Å². The highest BCUT2D eigenvalue weighted by atomic mass is 35.5. The molecule has 0 saturated carbocycles. The molecule has 0 unspecified atom stereocenters. The van der Waals surface area contributed by atoms with Gasteiger partial charge in [-0.2, -0.15) is 0 Å². The molecule has 2 aromatic rings. The number of hydrogen-bond donors (Lipinski definition) is 0. The van der Waals surface area contributed by atoms with Gasteiger partial charge in [0.05, 0.1) is 15.5 Å². The van der Waals surface area contributed by atoms with Crippen LogP contribution < -0.4 is 4.74 Å². The molecule has 0 spiro atoms. The van der Waals surface area contributed by atoms with Crippen LogP contribution >= 0.6 is 11.6 Å². The number of benzene rings is 2. The number of hydrogen-bond acceptors (Lipinski definition) is 5. The molecule has 6 nitrogen and oxygen atoms in total. The largest absolute Gasteiger partial charge is 0.422 e. The molecule has 0 aromatic heterocycles. The molecule has 0 radical (unpaired) electrons. The van der Waals surface area contributed by atoms with Gasteiger partial charge in [-0.15, -0.1) is 0 Å². The first-order valence-electron chi connectivity index (χ1n) is 5.84. The highest BCUT2D eigenvalue weighted by molar-refractivity contribution is 6.33. The first-order valence-corrected chi connectivity index (χ1v) is 6.21. The van der Waals surface area contributed by atoms with Crippen LogP contribution in [0.3, 0.4) is 0 Å². The van der Waals surface area contributed by atoms with Gasteiger partial charge in [0.15, 0.2) is 6.29 Å². The van der Waals surface area contributed by atoms with Crippen molar-refractivity contribution in [2.45, 2.75) is 0 Å². The summed E-state index contributed by atoms with van der Waals surface area (Å²) in [6.07, 6.45) is 0.290. The number of halogens is 2. The Morgan fingerprint density at radius 1 is 1.32 bits per heavy atom. The Kier molecular flexibility index (Phi) is 4.47. The van der Waals surface area contributed by atoms with Gasteiger partial charge >= 0.3 is 5.97 Å². The maximum atomic E-state index is 13.6. The van der Waals surface area contributed by atoms with Crippen LogP contribution in [0.15, 0.2) is 36.4 Å². The zero-order chi connectivity index (χ0) is 16.3. The SMILES string of the molecule is O=Cc1cc([N+](=O)[O-])ccc1OC(=O)c1c(F)cccc1Cl. The summed E-state index contributed by atoms with van der Waals surface area (Å²) in [4.78, 5) is 32.8. The predicted molar refractivity (Wildman–Crippen MR) is 74.9 cm³/mol. The van der Waals surface area contributed by atoms with Crippen molar-refractivity contribution in [3.05, 3.63) is 68.5 Å². The first kappa shape index (κ1) is 15.6. The highest BCUT2D eigenvalue weighted by Crippen LogP contribution is 2.26. The summed E-state index contributed by atoms with van der Waals surface area (Å²) in [5.41, 5.74) is -1.04. The van der Waals surface area contributed by atoms with Crippen LogP contribution in [-0.2, 0) is 0 Å². The van der Waals surface area contributed by atoms with Gasteiger partial charge in [0.1, 0.15) is 17.1 Å². The van der Waals surface area contributed by atoms with Gasteiger partial charge in [0, 0.05) is 12.1 Å². The van der Waals surface area contributed by atoms with Crippen LogP contribution in [0.2, 0.25) is 5.02 Å². The molecule has 0 aliphatic carbocycles. The third kappa shape index (κ3) is 3.09. The van der Waals surface area contributed by atoms with E-state index < -0.39 is 22.3 Å². The lowest BCUT2D eigenvalue weighted by Crippen LogP contribution is -2.12. The Balaban J connectivity index is 2.36. The zero-order valence-electron chi connectivity index (χ0n) is 10.8. The van der Waals surface area contributed by atoms with Crippen LogP contribution in [0.1, 0.15) is 20.7 Å². The minimum Gasteiger partial charge on any atom is -0.422 e. The molecule has 2 rings (SSSR count). The Bertz CT molecular complexity index is 758. The fourth-order valence-electron chi connectivity index (χ4n) is 1.68. The van der Waals surface area contributed by atoms with E-state index in [9.17, 15) is 24.1 Å². The molecule has 0 fully saturated rings. The van der Waals surface area contributed by atoms with Crippen LogP contribution in [0.5, 0.6) is 5.75 Å². The summed E-state index contributed by atoms with van der Waals surface area (Å²) < 4.78 is 18.5. The van der Waals surface area contributed by atoms with Gasteiger partial charge in [-0.25, -0.2) is 9.18 Å². The zero-order valence-corrected chi connectivity index (χ0v) is 11.5. The van der Waals surface area contributed by atoms with Crippen LogP contribution in [0.4, 0.5) is 10.1 Å². The van der Waals surface area contributed by atoms with E-state index in [-0.39, 0.29) is 22.0 Å². The second kappa shape index (κ2) is 6.31. The molecule has 0 amide bonds. The van der Waals surface area contributed by atoms with Crippen LogP contribution in [0, 0.1) is 15.9 Å². The topological polar surface area (TPSA) is 86.5 Å². The van der Waals surface area contributed by atoms with E-state index in [1.165, 1.54) is 12.1 Å². The first-order chi connectivity index (χ1) is 10.4. The summed E-state index contributed by atoms with van der Waals surface area (Å²) in [5.74, 6) is -2.22. The van der Waals surface area contributed by atoms with E-state index in [0.29, 0.717) is 6.29 Å². The summed E-state index contributed by atoms with van der Waals surface area (Å²) in [5, 5.41) is 10.5. The highest BCUT2D eigenvalue weighted by Gasteiger charge is 2.20. The Labute approximate surface area is 128 Å². The van der Waals surface area contributed by atoms with Gasteiger partial charge in [-0.3, -0.25) is 14.9 Å². The van der Waals surface area contributed by atoms with Gasteiger partial charge in [0.2, 0.25) is 0 Å². The molecule has 0 bridgehead atoms. The third-order valence-corrected chi connectivity index (χ3v) is 3.02. The number of nitro benzene ring substituents is 1. The minimum atomic E-state index is -1.11. The van der Waals surface area contributed by atoms with E-state index in [2.05, 4.69) is 0 Å². The maximum absolute atomic E-state index is 13.6. The van der Waals surface area contributed by atoms with Gasteiger partial charge in [-0.05, 0) is 18.2 Å². The fourth-order valence-corrected chi connectivity index (χ4v) is 1.92. The fraction of sp³-hybridized carbons (Fsp3) is 0. The van der Waals surface area contributed by atoms with Crippen LogP contribution in [0.25, 0.3) is 0 Å². The van der Waals surface area contributed by atoms with Gasteiger partial charge in [-0.1, -0.05) is 17.7 Å². The molecular weight excluding hydrogens is 317 g/mol. The smallest absolute Gasteiger partial charge is 0.348 e. The Morgan fingerprint density at radius 2 is 2.05 bits per heavy atom. The van der Waals surface area contributed by atoms with Crippen molar-refractivity contribution in [2.24, 2.45) is 0 Å². The molecule has 0 aliphatic heterocycles. The Morgan fingerprint density at radius 3 is 2.64 bits per heavy atom. The maximum Gasteiger partial charge on any atom is 0.348 e. The molecule has 0 atom stereocenters. The van der Waals surface area contributed by atoms with Crippen molar-refractivity contribution in [1.82, 2.24) is 0 Å². The number of esters is 1. The van der Waals surface area contributed by atoms with Crippen molar-refractivity contribution in [3.63, 3.8) is 0 Å². The Hall–Kier alpha value is -2.80. The second-order valence-corrected chi connectivity index (χ2v) is 4.49. The average Bonchev–Trinajstić information content (AvgIpc) is 2.47. The van der Waals surface area contributed by atoms with E-state index in [0.717, 1.165) is 24.3 Å². The van der Waals surface area contributed by atoms with Gasteiger partial charge < -0.3 is 4.74 Å². The van der Waals surface area contributed by atoms with E-state index >= 15 is 0 Å². The summed E-state index contributed by atoms with van der Waals surface area (Å²) in [7, 11) is 0. The monoisotopic (exact) mass is 323 g/mol. The molecule has 2 aromatic carbocycles. The number of nitro groups is 1. The summed E-state index contributed by atoms with van der Waals surface area (Å²) in [6.45, 7) is 0. The lowest BCUT2D eigenvalue weighted by Gasteiger charge is -2.08. The van der Waals surface area contributed by atoms with Crippen molar-refractivity contribution >= 4 is 29.5 Å². The summed E-state index contributed by atoms with van der Waals surface area (Å²) in [6, 6.07) is 6.72. The minimum absolute atomic E-state index is 0.153. The molecule has 0 aliphatic rings. The number of carbonyl (C=O) groups is 2. The summed E-state index contributed by atoms with van der Waals surface area (Å²) >= 11 is 5.73. The lowest BCUT2D eigenvalue weighted by atomic mass is 10.2. The molecular formula is C14H7ClFNO5. The normalized spacial score (nSPS) is 10.1. The van der Waals surface area contributed by atoms with Crippen molar-refractivity contribution < 1.29 is 23.6 Å². The van der Waals surface area contributed by atoms with Crippen molar-refractivity contribution in [1.29, 1.82) is 0 Å². The predicted octanol–water partition coefficient (Wildman–Crippen LogP) is 3.42. The average molecular weight is 324 g/mol.